The zero-order valence-electron chi connectivity index (χ0n) is 13.6. The van der Waals surface area contributed by atoms with Crippen LogP contribution in [0.15, 0.2) is 54.6 Å². The average molecular weight is 327 g/mol. The number of hydrazine groups is 1. The van der Waals surface area contributed by atoms with Crippen LogP contribution in [0.4, 0.5) is 4.39 Å². The van der Waals surface area contributed by atoms with E-state index < -0.39 is 0 Å². The quantitative estimate of drug-likeness (QED) is 0.791. The van der Waals surface area contributed by atoms with Gasteiger partial charge in [0.25, 0.3) is 0 Å². The zero-order valence-corrected chi connectivity index (χ0v) is 13.6. The number of amides is 1. The Morgan fingerprint density at radius 3 is 2.62 bits per heavy atom. The molecule has 3 N–H and O–H groups in total. The monoisotopic (exact) mass is 327 g/mol. The van der Waals surface area contributed by atoms with Crippen molar-refractivity contribution in [1.29, 1.82) is 0 Å². The van der Waals surface area contributed by atoms with Crippen LogP contribution in [0.25, 0.3) is 0 Å². The summed E-state index contributed by atoms with van der Waals surface area (Å²) in [7, 11) is 0. The Balaban J connectivity index is 1.60. The van der Waals surface area contributed by atoms with Crippen molar-refractivity contribution in [3.63, 3.8) is 0 Å². The maximum atomic E-state index is 13.1. The molecule has 126 valence electrons. The van der Waals surface area contributed by atoms with Crippen LogP contribution in [0.2, 0.25) is 0 Å². The van der Waals surface area contributed by atoms with E-state index in [0.717, 1.165) is 5.56 Å². The molecule has 0 aromatic heterocycles. The third-order valence-corrected chi connectivity index (χ3v) is 4.50. The summed E-state index contributed by atoms with van der Waals surface area (Å²) in [5.41, 5.74) is 8.25. The molecule has 1 aliphatic heterocycles. The molecule has 0 aliphatic carbocycles. The lowest BCUT2D eigenvalue weighted by atomic mass is 9.93. The number of hydrogen-bond donors (Lipinski definition) is 3. The Labute approximate surface area is 141 Å². The smallest absolute Gasteiger partial charge is 0.226 e. The van der Waals surface area contributed by atoms with E-state index in [1.54, 1.807) is 12.1 Å². The molecule has 3 rings (SSSR count). The molecule has 5 heteroatoms. The van der Waals surface area contributed by atoms with E-state index in [1.165, 1.54) is 17.7 Å². The van der Waals surface area contributed by atoms with Crippen molar-refractivity contribution >= 4 is 5.91 Å². The van der Waals surface area contributed by atoms with Gasteiger partial charge in [-0.15, -0.1) is 0 Å². The van der Waals surface area contributed by atoms with Gasteiger partial charge in [0.15, 0.2) is 0 Å². The van der Waals surface area contributed by atoms with Gasteiger partial charge in [0.05, 0.1) is 12.0 Å². The van der Waals surface area contributed by atoms with E-state index >= 15 is 0 Å². The Bertz CT molecular complexity index is 675. The third kappa shape index (κ3) is 3.80. The largest absolute Gasteiger partial charge is 0.355 e. The lowest BCUT2D eigenvalue weighted by Crippen LogP contribution is -2.36. The van der Waals surface area contributed by atoms with Crippen LogP contribution in [0.1, 0.15) is 30.0 Å². The van der Waals surface area contributed by atoms with Gasteiger partial charge in [-0.1, -0.05) is 49.4 Å². The van der Waals surface area contributed by atoms with Crippen molar-refractivity contribution in [3.8, 4) is 0 Å². The SMILES string of the molecule is CC(CNC(=O)C1CNNC1c1ccc(F)cc1)c1ccccc1. The van der Waals surface area contributed by atoms with Gasteiger partial charge in [-0.2, -0.15) is 0 Å². The summed E-state index contributed by atoms with van der Waals surface area (Å²) < 4.78 is 13.1. The van der Waals surface area contributed by atoms with Crippen LogP contribution in [0.3, 0.4) is 0 Å². The topological polar surface area (TPSA) is 53.2 Å². The molecule has 2 aromatic rings. The summed E-state index contributed by atoms with van der Waals surface area (Å²) in [5.74, 6) is -0.243. The van der Waals surface area contributed by atoms with Gasteiger partial charge in [-0.25, -0.2) is 9.82 Å². The standard InChI is InChI=1S/C19H22FN3O/c1-13(14-5-3-2-4-6-14)11-21-19(24)17-12-22-23-18(17)15-7-9-16(20)10-8-15/h2-10,13,17-18,22-23H,11-12H2,1H3,(H,21,24). The van der Waals surface area contributed by atoms with E-state index in [4.69, 9.17) is 0 Å². The molecule has 1 fully saturated rings. The summed E-state index contributed by atoms with van der Waals surface area (Å²) in [6.07, 6.45) is 0. The molecule has 1 saturated heterocycles. The number of benzene rings is 2. The predicted molar refractivity (Wildman–Crippen MR) is 91.6 cm³/mol. The molecule has 3 atom stereocenters. The van der Waals surface area contributed by atoms with Crippen LogP contribution < -0.4 is 16.2 Å². The van der Waals surface area contributed by atoms with Gasteiger partial charge in [-0.05, 0) is 29.2 Å². The maximum Gasteiger partial charge on any atom is 0.226 e. The number of rotatable bonds is 5. The normalized spacial score (nSPS) is 21.4. The molecule has 0 radical (unpaired) electrons. The number of nitrogens with one attached hydrogen (secondary N) is 3. The number of carbonyl (C=O) groups is 1. The van der Waals surface area contributed by atoms with Crippen molar-refractivity contribution in [2.45, 2.75) is 18.9 Å². The molecule has 3 unspecified atom stereocenters. The van der Waals surface area contributed by atoms with Crippen LogP contribution in [-0.4, -0.2) is 19.0 Å². The third-order valence-electron chi connectivity index (χ3n) is 4.50. The summed E-state index contributed by atoms with van der Waals surface area (Å²) in [4.78, 5) is 12.6. The van der Waals surface area contributed by atoms with Crippen molar-refractivity contribution in [1.82, 2.24) is 16.2 Å². The average Bonchev–Trinajstić information content (AvgIpc) is 3.10. The molecule has 1 aliphatic rings. The second-order valence-corrected chi connectivity index (χ2v) is 6.22. The van der Waals surface area contributed by atoms with E-state index in [-0.39, 0.29) is 29.6 Å². The minimum absolute atomic E-state index is 0.00426. The number of hydrogen-bond acceptors (Lipinski definition) is 3. The molecule has 0 bridgehead atoms. The summed E-state index contributed by atoms with van der Waals surface area (Å²) in [6, 6.07) is 16.2. The molecule has 1 heterocycles. The van der Waals surface area contributed by atoms with Crippen molar-refractivity contribution in [3.05, 3.63) is 71.5 Å². The Hall–Kier alpha value is -2.24. The highest BCUT2D eigenvalue weighted by Gasteiger charge is 2.33. The van der Waals surface area contributed by atoms with E-state index in [9.17, 15) is 9.18 Å². The van der Waals surface area contributed by atoms with E-state index in [2.05, 4.69) is 35.2 Å². The van der Waals surface area contributed by atoms with E-state index in [1.807, 2.05) is 18.2 Å². The van der Waals surface area contributed by atoms with Crippen LogP contribution >= 0.6 is 0 Å². The van der Waals surface area contributed by atoms with Gasteiger partial charge in [0, 0.05) is 13.1 Å². The Morgan fingerprint density at radius 1 is 1.21 bits per heavy atom. The van der Waals surface area contributed by atoms with Gasteiger partial charge in [-0.3, -0.25) is 10.2 Å². The minimum atomic E-state index is -0.276. The molecule has 4 nitrogen and oxygen atoms in total. The van der Waals surface area contributed by atoms with Crippen LogP contribution in [-0.2, 0) is 4.79 Å². The maximum absolute atomic E-state index is 13.1. The van der Waals surface area contributed by atoms with Crippen molar-refractivity contribution < 1.29 is 9.18 Å². The lowest BCUT2D eigenvalue weighted by molar-refractivity contribution is -0.125. The Kier molecular flexibility index (Phi) is 5.23. The minimum Gasteiger partial charge on any atom is -0.355 e. The van der Waals surface area contributed by atoms with Gasteiger partial charge in [0.1, 0.15) is 5.82 Å². The first-order valence-electron chi connectivity index (χ1n) is 8.21. The molecule has 2 aromatic carbocycles. The highest BCUT2D eigenvalue weighted by Crippen LogP contribution is 2.25. The zero-order chi connectivity index (χ0) is 16.9. The Morgan fingerprint density at radius 2 is 1.92 bits per heavy atom. The highest BCUT2D eigenvalue weighted by atomic mass is 19.1. The first kappa shape index (κ1) is 16.6. The van der Waals surface area contributed by atoms with Gasteiger partial charge < -0.3 is 5.32 Å². The summed E-state index contributed by atoms with van der Waals surface area (Å²) in [5, 5.41) is 3.04. The molecule has 0 saturated carbocycles. The molecular weight excluding hydrogens is 305 g/mol. The molecule has 24 heavy (non-hydrogen) atoms. The van der Waals surface area contributed by atoms with Gasteiger partial charge >= 0.3 is 0 Å². The van der Waals surface area contributed by atoms with Gasteiger partial charge in [0.2, 0.25) is 5.91 Å². The first-order valence-corrected chi connectivity index (χ1v) is 8.21. The second-order valence-electron chi connectivity index (χ2n) is 6.22. The summed E-state index contributed by atoms with van der Waals surface area (Å²) >= 11 is 0. The first-order chi connectivity index (χ1) is 11.6. The summed E-state index contributed by atoms with van der Waals surface area (Å²) in [6.45, 7) is 3.24. The van der Waals surface area contributed by atoms with Crippen LogP contribution in [0.5, 0.6) is 0 Å². The number of carbonyl (C=O) groups excluding carboxylic acids is 1. The molecular formula is C19H22FN3O. The second kappa shape index (κ2) is 7.55. The van der Waals surface area contributed by atoms with E-state index in [0.29, 0.717) is 13.1 Å². The van der Waals surface area contributed by atoms with Crippen molar-refractivity contribution in [2.75, 3.05) is 13.1 Å². The van der Waals surface area contributed by atoms with Crippen molar-refractivity contribution in [2.24, 2.45) is 5.92 Å². The fourth-order valence-corrected chi connectivity index (χ4v) is 3.01. The highest BCUT2D eigenvalue weighted by molar-refractivity contribution is 5.80. The molecule has 0 spiro atoms. The fourth-order valence-electron chi connectivity index (χ4n) is 3.01. The fraction of sp³-hybridized carbons (Fsp3) is 0.316. The molecule has 1 amide bonds. The number of halogens is 1. The van der Waals surface area contributed by atoms with Crippen LogP contribution in [0, 0.1) is 11.7 Å². The lowest BCUT2D eigenvalue weighted by Gasteiger charge is -2.20. The predicted octanol–water partition coefficient (Wildman–Crippen LogP) is 2.51.